The van der Waals surface area contributed by atoms with Crippen LogP contribution in [0.1, 0.15) is 31.7 Å². The van der Waals surface area contributed by atoms with E-state index in [0.717, 1.165) is 44.0 Å². The molecule has 1 heterocycles. The van der Waals surface area contributed by atoms with E-state index >= 15 is 0 Å². The molecule has 0 atom stereocenters. The zero-order valence-corrected chi connectivity index (χ0v) is 10.5. The van der Waals surface area contributed by atoms with Gasteiger partial charge in [0, 0.05) is 26.7 Å². The molecule has 4 nitrogen and oxygen atoms in total. The van der Waals surface area contributed by atoms with E-state index in [1.165, 1.54) is 6.39 Å². The fourth-order valence-electron chi connectivity index (χ4n) is 1.50. The van der Waals surface area contributed by atoms with Gasteiger partial charge in [0.05, 0.1) is 5.69 Å². The molecule has 1 rings (SSSR count). The molecule has 4 heteroatoms. The van der Waals surface area contributed by atoms with E-state index in [1.54, 1.807) is 7.11 Å². The second kappa shape index (κ2) is 7.41. The molecular formula is C12H22N2O2. The van der Waals surface area contributed by atoms with Crippen molar-refractivity contribution in [2.75, 3.05) is 20.3 Å². The van der Waals surface area contributed by atoms with Crippen LogP contribution in [0, 0.1) is 5.92 Å². The maximum absolute atomic E-state index is 5.36. The lowest BCUT2D eigenvalue weighted by Gasteiger charge is -2.06. The SMILES string of the molecule is COCCCc1ocnc1CNCC(C)C. The summed E-state index contributed by atoms with van der Waals surface area (Å²) in [4.78, 5) is 4.22. The van der Waals surface area contributed by atoms with Crippen LogP contribution < -0.4 is 5.32 Å². The van der Waals surface area contributed by atoms with Crippen molar-refractivity contribution >= 4 is 0 Å². The fourth-order valence-corrected chi connectivity index (χ4v) is 1.50. The molecule has 0 aliphatic carbocycles. The van der Waals surface area contributed by atoms with Crippen molar-refractivity contribution in [2.45, 2.75) is 33.2 Å². The first-order chi connectivity index (χ1) is 7.74. The molecule has 0 spiro atoms. The van der Waals surface area contributed by atoms with Crippen LogP contribution in [-0.4, -0.2) is 25.2 Å². The van der Waals surface area contributed by atoms with Crippen molar-refractivity contribution in [1.29, 1.82) is 0 Å². The van der Waals surface area contributed by atoms with Crippen LogP contribution in [0.25, 0.3) is 0 Å². The molecule has 1 N–H and O–H groups in total. The van der Waals surface area contributed by atoms with Crippen LogP contribution in [-0.2, 0) is 17.7 Å². The molecule has 0 aliphatic heterocycles. The van der Waals surface area contributed by atoms with Crippen LogP contribution in [0.3, 0.4) is 0 Å². The predicted octanol–water partition coefficient (Wildman–Crippen LogP) is 2.00. The Morgan fingerprint density at radius 1 is 1.50 bits per heavy atom. The zero-order valence-electron chi connectivity index (χ0n) is 10.5. The van der Waals surface area contributed by atoms with E-state index < -0.39 is 0 Å². The largest absolute Gasteiger partial charge is 0.448 e. The Kier molecular flexibility index (Phi) is 6.11. The van der Waals surface area contributed by atoms with E-state index in [9.17, 15) is 0 Å². The smallest absolute Gasteiger partial charge is 0.181 e. The molecule has 0 aliphatic rings. The van der Waals surface area contributed by atoms with Crippen molar-refractivity contribution < 1.29 is 9.15 Å². The van der Waals surface area contributed by atoms with Gasteiger partial charge in [-0.15, -0.1) is 0 Å². The van der Waals surface area contributed by atoms with E-state index in [-0.39, 0.29) is 0 Å². The van der Waals surface area contributed by atoms with Gasteiger partial charge < -0.3 is 14.5 Å². The molecule has 0 bridgehead atoms. The number of hydrogen-bond acceptors (Lipinski definition) is 4. The topological polar surface area (TPSA) is 47.3 Å². The van der Waals surface area contributed by atoms with E-state index in [4.69, 9.17) is 9.15 Å². The Morgan fingerprint density at radius 3 is 3.00 bits per heavy atom. The molecular weight excluding hydrogens is 204 g/mol. The third-order valence-electron chi connectivity index (χ3n) is 2.32. The molecule has 0 aromatic carbocycles. The van der Waals surface area contributed by atoms with Crippen LogP contribution in [0.5, 0.6) is 0 Å². The standard InChI is InChI=1S/C12H22N2O2/c1-10(2)7-13-8-11-12(16-9-14-11)5-4-6-15-3/h9-10,13H,4-8H2,1-3H3. The van der Waals surface area contributed by atoms with Crippen molar-refractivity contribution in [2.24, 2.45) is 5.92 Å². The van der Waals surface area contributed by atoms with E-state index in [0.29, 0.717) is 5.92 Å². The molecule has 16 heavy (non-hydrogen) atoms. The Morgan fingerprint density at radius 2 is 2.31 bits per heavy atom. The average Bonchev–Trinajstić information content (AvgIpc) is 2.66. The number of methoxy groups -OCH3 is 1. The van der Waals surface area contributed by atoms with Gasteiger partial charge in [-0.2, -0.15) is 0 Å². The highest BCUT2D eigenvalue weighted by atomic mass is 16.5. The first-order valence-corrected chi connectivity index (χ1v) is 5.85. The van der Waals surface area contributed by atoms with Gasteiger partial charge in [0.2, 0.25) is 0 Å². The quantitative estimate of drug-likeness (QED) is 0.689. The molecule has 92 valence electrons. The molecule has 0 unspecified atom stereocenters. The number of ether oxygens (including phenoxy) is 1. The lowest BCUT2D eigenvalue weighted by atomic mass is 10.2. The molecule has 1 aromatic heterocycles. The maximum atomic E-state index is 5.36. The molecule has 0 fully saturated rings. The summed E-state index contributed by atoms with van der Waals surface area (Å²) in [7, 11) is 1.71. The minimum Gasteiger partial charge on any atom is -0.448 e. The summed E-state index contributed by atoms with van der Waals surface area (Å²) < 4.78 is 10.4. The lowest BCUT2D eigenvalue weighted by Crippen LogP contribution is -2.19. The fraction of sp³-hybridized carbons (Fsp3) is 0.750. The molecule has 0 radical (unpaired) electrons. The number of oxazole rings is 1. The van der Waals surface area contributed by atoms with Crippen LogP contribution in [0.2, 0.25) is 0 Å². The highest BCUT2D eigenvalue weighted by Gasteiger charge is 2.07. The summed E-state index contributed by atoms with van der Waals surface area (Å²) >= 11 is 0. The molecule has 1 aromatic rings. The first kappa shape index (κ1) is 13.2. The summed E-state index contributed by atoms with van der Waals surface area (Å²) in [6.07, 6.45) is 3.39. The average molecular weight is 226 g/mol. The third kappa shape index (κ3) is 4.77. The first-order valence-electron chi connectivity index (χ1n) is 5.85. The highest BCUT2D eigenvalue weighted by Crippen LogP contribution is 2.09. The molecule has 0 saturated heterocycles. The lowest BCUT2D eigenvalue weighted by molar-refractivity contribution is 0.193. The van der Waals surface area contributed by atoms with E-state index in [2.05, 4.69) is 24.1 Å². The van der Waals surface area contributed by atoms with Gasteiger partial charge in [-0.05, 0) is 18.9 Å². The van der Waals surface area contributed by atoms with Crippen molar-refractivity contribution in [1.82, 2.24) is 10.3 Å². The molecule has 0 saturated carbocycles. The number of nitrogens with zero attached hydrogens (tertiary/aromatic N) is 1. The van der Waals surface area contributed by atoms with Crippen molar-refractivity contribution in [3.05, 3.63) is 17.8 Å². The Hall–Kier alpha value is -0.870. The normalized spacial score (nSPS) is 11.2. The second-order valence-electron chi connectivity index (χ2n) is 4.34. The van der Waals surface area contributed by atoms with Crippen LogP contribution in [0.4, 0.5) is 0 Å². The van der Waals surface area contributed by atoms with Gasteiger partial charge in [0.15, 0.2) is 6.39 Å². The Balaban J connectivity index is 2.32. The van der Waals surface area contributed by atoms with Crippen molar-refractivity contribution in [3.8, 4) is 0 Å². The van der Waals surface area contributed by atoms with Crippen LogP contribution >= 0.6 is 0 Å². The summed E-state index contributed by atoms with van der Waals surface area (Å²) in [6.45, 7) is 6.94. The number of aromatic nitrogens is 1. The monoisotopic (exact) mass is 226 g/mol. The number of hydrogen-bond donors (Lipinski definition) is 1. The van der Waals surface area contributed by atoms with E-state index in [1.807, 2.05) is 0 Å². The predicted molar refractivity (Wildman–Crippen MR) is 63.2 cm³/mol. The van der Waals surface area contributed by atoms with Gasteiger partial charge in [-0.3, -0.25) is 0 Å². The Bertz CT molecular complexity index is 284. The Labute approximate surface area is 97.4 Å². The summed E-state index contributed by atoms with van der Waals surface area (Å²) in [5, 5.41) is 3.36. The molecule has 0 amide bonds. The van der Waals surface area contributed by atoms with Gasteiger partial charge >= 0.3 is 0 Å². The number of nitrogens with one attached hydrogen (secondary N) is 1. The highest BCUT2D eigenvalue weighted by molar-refractivity contribution is 5.07. The summed E-state index contributed by atoms with van der Waals surface area (Å²) in [5.74, 6) is 1.64. The summed E-state index contributed by atoms with van der Waals surface area (Å²) in [6, 6.07) is 0. The minimum absolute atomic E-state index is 0.656. The van der Waals surface area contributed by atoms with Gasteiger partial charge in [-0.25, -0.2) is 4.98 Å². The van der Waals surface area contributed by atoms with Gasteiger partial charge in [0.25, 0.3) is 0 Å². The summed E-state index contributed by atoms with van der Waals surface area (Å²) in [5.41, 5.74) is 1.02. The second-order valence-corrected chi connectivity index (χ2v) is 4.34. The minimum atomic E-state index is 0.656. The van der Waals surface area contributed by atoms with Crippen molar-refractivity contribution in [3.63, 3.8) is 0 Å². The number of rotatable bonds is 8. The zero-order chi connectivity index (χ0) is 11.8. The third-order valence-corrected chi connectivity index (χ3v) is 2.32. The van der Waals surface area contributed by atoms with Gasteiger partial charge in [0.1, 0.15) is 5.76 Å². The van der Waals surface area contributed by atoms with Gasteiger partial charge in [-0.1, -0.05) is 13.8 Å². The van der Waals surface area contributed by atoms with Crippen LogP contribution in [0.15, 0.2) is 10.8 Å². The maximum Gasteiger partial charge on any atom is 0.181 e. The number of aryl methyl sites for hydroxylation is 1.